The Labute approximate surface area is 157 Å². The minimum Gasteiger partial charge on any atom is -0.335 e. The van der Waals surface area contributed by atoms with Crippen LogP contribution in [-0.4, -0.2) is 77.6 Å². The largest absolute Gasteiger partial charge is 0.335 e. The van der Waals surface area contributed by atoms with Crippen LogP contribution in [-0.2, 0) is 9.59 Å². The number of anilines is 1. The van der Waals surface area contributed by atoms with Crippen molar-refractivity contribution in [1.29, 1.82) is 0 Å². The van der Waals surface area contributed by atoms with Gasteiger partial charge in [0.15, 0.2) is 0 Å². The highest BCUT2D eigenvalue weighted by Gasteiger charge is 2.42. The third-order valence-corrected chi connectivity index (χ3v) is 5.82. The summed E-state index contributed by atoms with van der Waals surface area (Å²) in [4.78, 5) is 42.7. The van der Waals surface area contributed by atoms with E-state index in [0.29, 0.717) is 13.1 Å². The highest BCUT2D eigenvalue weighted by Crippen LogP contribution is 2.22. The monoisotopic (exact) mass is 376 g/mol. The van der Waals surface area contributed by atoms with Gasteiger partial charge < -0.3 is 20.0 Å². The highest BCUT2D eigenvalue weighted by atomic mass is 32.2. The predicted octanol–water partition coefficient (Wildman–Crippen LogP) is 1.71. The van der Waals surface area contributed by atoms with Crippen LogP contribution in [0.2, 0.25) is 0 Å². The molecule has 0 saturated carbocycles. The number of nitrogens with one attached hydrogen (secondary N) is 1. The Kier molecular flexibility index (Phi) is 5.70. The number of carbonyl (C=O) groups is 3. The Morgan fingerprint density at radius 3 is 2.65 bits per heavy atom. The normalized spacial score (nSPS) is 20.2. The number of nitrogens with zero attached hydrogens (tertiary/aromatic N) is 3. The Balaban J connectivity index is 1.60. The maximum absolute atomic E-state index is 12.5. The zero-order valence-corrected chi connectivity index (χ0v) is 15.9. The zero-order valence-electron chi connectivity index (χ0n) is 15.1. The van der Waals surface area contributed by atoms with E-state index in [9.17, 15) is 14.4 Å². The Morgan fingerprint density at radius 1 is 1.23 bits per heavy atom. The second-order valence-corrected chi connectivity index (χ2v) is 7.71. The number of carbonyl (C=O) groups excluding carboxylic acids is 3. The fourth-order valence-electron chi connectivity index (χ4n) is 3.16. The molecule has 0 bridgehead atoms. The van der Waals surface area contributed by atoms with Gasteiger partial charge in [-0.15, -0.1) is 11.8 Å². The lowest BCUT2D eigenvalue weighted by Gasteiger charge is -2.45. The maximum atomic E-state index is 12.5. The number of hydrogen-bond donors (Lipinski definition) is 1. The number of benzene rings is 1. The second kappa shape index (κ2) is 7.99. The molecule has 7 nitrogen and oxygen atoms in total. The summed E-state index contributed by atoms with van der Waals surface area (Å²) in [6.07, 6.45) is 1.12. The van der Waals surface area contributed by atoms with Crippen molar-refractivity contribution >= 4 is 35.3 Å². The van der Waals surface area contributed by atoms with Crippen LogP contribution in [0.3, 0.4) is 0 Å². The summed E-state index contributed by atoms with van der Waals surface area (Å²) >= 11 is 1.79. The number of piperazine rings is 2. The van der Waals surface area contributed by atoms with E-state index in [0.717, 1.165) is 17.9 Å². The van der Waals surface area contributed by atoms with Crippen LogP contribution in [0.4, 0.5) is 10.5 Å². The number of likely N-dealkylation sites (N-methyl/N-ethyl adjacent to an activating group) is 1. The van der Waals surface area contributed by atoms with Crippen molar-refractivity contribution in [2.24, 2.45) is 0 Å². The van der Waals surface area contributed by atoms with Crippen LogP contribution in [0, 0.1) is 0 Å². The van der Waals surface area contributed by atoms with Crippen molar-refractivity contribution in [3.63, 3.8) is 0 Å². The van der Waals surface area contributed by atoms with E-state index in [4.69, 9.17) is 0 Å². The Morgan fingerprint density at radius 2 is 1.96 bits per heavy atom. The molecular formula is C18H24N4O3S. The summed E-state index contributed by atoms with van der Waals surface area (Å²) in [5.74, 6) is 0.898. The first-order chi connectivity index (χ1) is 12.5. The predicted molar refractivity (Wildman–Crippen MR) is 101 cm³/mol. The lowest BCUT2D eigenvalue weighted by Crippen LogP contribution is -2.67. The van der Waals surface area contributed by atoms with Crippen LogP contribution < -0.4 is 5.32 Å². The van der Waals surface area contributed by atoms with Gasteiger partial charge in [0.25, 0.3) is 0 Å². The molecule has 140 valence electrons. The molecule has 26 heavy (non-hydrogen) atoms. The van der Waals surface area contributed by atoms with Crippen molar-refractivity contribution in [2.75, 3.05) is 44.3 Å². The third-order valence-electron chi connectivity index (χ3n) is 4.60. The van der Waals surface area contributed by atoms with Gasteiger partial charge in [-0.1, -0.05) is 6.92 Å². The minimum atomic E-state index is -0.575. The molecule has 1 unspecified atom stereocenters. The first-order valence-corrected chi connectivity index (χ1v) is 9.81. The molecule has 1 aromatic rings. The quantitative estimate of drug-likeness (QED) is 0.812. The fourth-order valence-corrected chi connectivity index (χ4v) is 3.93. The molecule has 0 spiro atoms. The number of hydrogen-bond acceptors (Lipinski definition) is 4. The van der Waals surface area contributed by atoms with E-state index >= 15 is 0 Å². The van der Waals surface area contributed by atoms with E-state index in [1.807, 2.05) is 24.3 Å². The molecule has 2 fully saturated rings. The summed E-state index contributed by atoms with van der Waals surface area (Å²) in [7, 11) is 1.62. The molecule has 0 radical (unpaired) electrons. The average molecular weight is 376 g/mol. The van der Waals surface area contributed by atoms with Gasteiger partial charge in [0, 0.05) is 30.7 Å². The van der Waals surface area contributed by atoms with E-state index in [2.05, 4.69) is 12.2 Å². The van der Waals surface area contributed by atoms with Gasteiger partial charge in [-0.3, -0.25) is 9.59 Å². The summed E-state index contributed by atoms with van der Waals surface area (Å²) in [5, 5.41) is 2.88. The van der Waals surface area contributed by atoms with Gasteiger partial charge in [0.2, 0.25) is 11.8 Å². The molecule has 1 atom stereocenters. The third kappa shape index (κ3) is 3.95. The fraction of sp³-hybridized carbons (Fsp3) is 0.500. The van der Waals surface area contributed by atoms with Crippen molar-refractivity contribution in [2.45, 2.75) is 24.3 Å². The topological polar surface area (TPSA) is 73.0 Å². The maximum Gasteiger partial charge on any atom is 0.321 e. The number of fused-ring (bicyclic) bond motifs is 1. The van der Waals surface area contributed by atoms with Crippen molar-refractivity contribution in [3.05, 3.63) is 24.3 Å². The minimum absolute atomic E-state index is 0.0580. The van der Waals surface area contributed by atoms with Crippen LogP contribution in [0.15, 0.2) is 29.2 Å². The van der Waals surface area contributed by atoms with Gasteiger partial charge in [-0.05, 0) is 36.4 Å². The van der Waals surface area contributed by atoms with Crippen molar-refractivity contribution < 1.29 is 14.4 Å². The van der Waals surface area contributed by atoms with Crippen LogP contribution in [0.5, 0.6) is 0 Å². The Bertz CT molecular complexity index is 694. The van der Waals surface area contributed by atoms with Crippen LogP contribution >= 0.6 is 11.8 Å². The molecule has 0 aliphatic carbocycles. The van der Waals surface area contributed by atoms with Crippen LogP contribution in [0.25, 0.3) is 0 Å². The van der Waals surface area contributed by atoms with Crippen molar-refractivity contribution in [1.82, 2.24) is 14.7 Å². The molecule has 0 aromatic heterocycles. The second-order valence-electron chi connectivity index (χ2n) is 6.55. The zero-order chi connectivity index (χ0) is 18.7. The molecule has 2 aliphatic heterocycles. The SMILES string of the molecule is CCCSc1ccc(NC(=O)N2CCN3C(=O)CN(C)C(=O)C3C2)cc1. The van der Waals surface area contributed by atoms with Gasteiger partial charge >= 0.3 is 6.03 Å². The smallest absolute Gasteiger partial charge is 0.321 e. The molecular weight excluding hydrogens is 352 g/mol. The highest BCUT2D eigenvalue weighted by molar-refractivity contribution is 7.99. The number of thioether (sulfide) groups is 1. The summed E-state index contributed by atoms with van der Waals surface area (Å²) in [6.45, 7) is 3.30. The lowest BCUT2D eigenvalue weighted by atomic mass is 10.1. The molecule has 3 rings (SSSR count). The molecule has 2 heterocycles. The Hall–Kier alpha value is -2.22. The van der Waals surface area contributed by atoms with Gasteiger partial charge in [-0.25, -0.2) is 4.79 Å². The molecule has 1 aromatic carbocycles. The molecule has 1 N–H and O–H groups in total. The first kappa shape index (κ1) is 18.6. The summed E-state index contributed by atoms with van der Waals surface area (Å²) < 4.78 is 0. The standard InChI is InChI=1S/C18H24N4O3S/c1-3-10-26-14-6-4-13(5-7-14)19-18(25)21-8-9-22-15(11-21)17(24)20(2)12-16(22)23/h4-7,15H,3,8-12H2,1-2H3,(H,19,25). The molecule has 2 saturated heterocycles. The summed E-state index contributed by atoms with van der Waals surface area (Å²) in [6, 6.07) is 6.93. The van der Waals surface area contributed by atoms with Gasteiger partial charge in [0.1, 0.15) is 6.04 Å². The molecule has 2 aliphatic rings. The van der Waals surface area contributed by atoms with Crippen molar-refractivity contribution in [3.8, 4) is 0 Å². The number of urea groups is 1. The lowest BCUT2D eigenvalue weighted by molar-refractivity contribution is -0.157. The van der Waals surface area contributed by atoms with E-state index in [-0.39, 0.29) is 30.9 Å². The van der Waals surface area contributed by atoms with E-state index in [1.54, 1.807) is 28.6 Å². The van der Waals surface area contributed by atoms with Crippen LogP contribution in [0.1, 0.15) is 13.3 Å². The van der Waals surface area contributed by atoms with E-state index < -0.39 is 6.04 Å². The number of amides is 4. The average Bonchev–Trinajstić information content (AvgIpc) is 2.65. The first-order valence-electron chi connectivity index (χ1n) is 8.83. The molecule has 8 heteroatoms. The summed E-state index contributed by atoms with van der Waals surface area (Å²) in [5.41, 5.74) is 0.724. The van der Waals surface area contributed by atoms with E-state index in [1.165, 1.54) is 9.80 Å². The number of rotatable bonds is 4. The van der Waals surface area contributed by atoms with Gasteiger partial charge in [-0.2, -0.15) is 0 Å². The molecule has 4 amide bonds. The van der Waals surface area contributed by atoms with Gasteiger partial charge in [0.05, 0.1) is 13.1 Å².